The number of aromatic nitrogens is 3. The highest BCUT2D eigenvalue weighted by atomic mass is 16.4. The van der Waals surface area contributed by atoms with E-state index in [1.54, 1.807) is 6.07 Å². The molecule has 23 heavy (non-hydrogen) atoms. The topological polar surface area (TPSA) is 83.8 Å². The third-order valence-electron chi connectivity index (χ3n) is 3.54. The maximum absolute atomic E-state index is 12.3. The van der Waals surface area contributed by atoms with E-state index in [0.29, 0.717) is 17.3 Å². The first-order valence-corrected chi connectivity index (χ1v) is 7.47. The van der Waals surface area contributed by atoms with Gasteiger partial charge in [-0.15, -0.1) is 0 Å². The molecule has 0 aliphatic carbocycles. The molecule has 3 rings (SSSR count). The smallest absolute Gasteiger partial charge is 0.291 e. The van der Waals surface area contributed by atoms with Crippen LogP contribution in [0.1, 0.15) is 34.6 Å². The number of aromatic amines is 1. The van der Waals surface area contributed by atoms with Gasteiger partial charge in [0, 0.05) is 17.7 Å². The van der Waals surface area contributed by atoms with E-state index in [1.807, 2.05) is 45.0 Å². The van der Waals surface area contributed by atoms with Gasteiger partial charge in [0.15, 0.2) is 11.6 Å². The molecule has 2 N–H and O–H groups in total. The Hall–Kier alpha value is -2.89. The van der Waals surface area contributed by atoms with Gasteiger partial charge in [-0.2, -0.15) is 5.10 Å². The molecule has 118 valence electrons. The summed E-state index contributed by atoms with van der Waals surface area (Å²) in [7, 11) is 0. The fourth-order valence-corrected chi connectivity index (χ4v) is 2.38. The van der Waals surface area contributed by atoms with E-state index in [9.17, 15) is 4.79 Å². The summed E-state index contributed by atoms with van der Waals surface area (Å²) in [6.45, 7) is 5.77. The van der Waals surface area contributed by atoms with Crippen molar-refractivity contribution in [2.45, 2.75) is 27.2 Å². The van der Waals surface area contributed by atoms with Crippen LogP contribution in [0.3, 0.4) is 0 Å². The monoisotopic (exact) mass is 310 g/mol. The van der Waals surface area contributed by atoms with Crippen molar-refractivity contribution in [1.29, 1.82) is 0 Å². The van der Waals surface area contributed by atoms with Crippen molar-refractivity contribution in [3.05, 3.63) is 53.2 Å². The summed E-state index contributed by atoms with van der Waals surface area (Å²) in [5.41, 5.74) is 2.49. The van der Waals surface area contributed by atoms with E-state index in [4.69, 9.17) is 4.42 Å². The number of hydrogen-bond donors (Lipinski definition) is 2. The third kappa shape index (κ3) is 3.15. The number of rotatable bonds is 4. The Bertz CT molecular complexity index is 848. The van der Waals surface area contributed by atoms with Gasteiger partial charge in [-0.1, -0.05) is 19.1 Å². The first kappa shape index (κ1) is 15.0. The molecule has 2 aromatic heterocycles. The lowest BCUT2D eigenvalue weighted by Gasteiger charge is -2.04. The van der Waals surface area contributed by atoms with Crippen LogP contribution in [0.15, 0.2) is 34.7 Å². The Balaban J connectivity index is 1.81. The van der Waals surface area contributed by atoms with Gasteiger partial charge in [0.2, 0.25) is 0 Å². The minimum atomic E-state index is -0.267. The predicted octanol–water partition coefficient (Wildman–Crippen LogP) is 3.50. The maximum atomic E-state index is 12.3. The van der Waals surface area contributed by atoms with Crippen molar-refractivity contribution in [2.75, 3.05) is 5.32 Å². The Kier molecular flexibility index (Phi) is 3.97. The van der Waals surface area contributed by atoms with Crippen LogP contribution in [-0.2, 0) is 6.42 Å². The summed E-state index contributed by atoms with van der Waals surface area (Å²) in [6.07, 6.45) is 0.763. The van der Waals surface area contributed by atoms with Gasteiger partial charge in [-0.3, -0.25) is 9.89 Å². The molecule has 3 aromatic rings. The Labute approximate surface area is 133 Å². The summed E-state index contributed by atoms with van der Waals surface area (Å²) in [5, 5.41) is 9.77. The zero-order valence-corrected chi connectivity index (χ0v) is 13.3. The van der Waals surface area contributed by atoms with E-state index in [0.717, 1.165) is 29.1 Å². The van der Waals surface area contributed by atoms with Crippen LogP contribution >= 0.6 is 0 Å². The molecule has 0 aliphatic rings. The zero-order chi connectivity index (χ0) is 16.4. The fraction of sp³-hybridized carbons (Fsp3) is 0.235. The molecule has 1 aromatic carbocycles. The van der Waals surface area contributed by atoms with Gasteiger partial charge in [-0.25, -0.2) is 4.98 Å². The van der Waals surface area contributed by atoms with E-state index in [-0.39, 0.29) is 5.91 Å². The highest BCUT2D eigenvalue weighted by Crippen LogP contribution is 2.21. The molecule has 0 unspecified atom stereocenters. The second kappa shape index (κ2) is 6.08. The average molecular weight is 310 g/mol. The van der Waals surface area contributed by atoms with Crippen LogP contribution in [0, 0.1) is 13.8 Å². The zero-order valence-electron chi connectivity index (χ0n) is 13.3. The number of H-pyrrole nitrogens is 1. The number of furan rings is 1. The molecule has 6 heteroatoms. The highest BCUT2D eigenvalue weighted by molar-refractivity contribution is 6.02. The molecule has 0 saturated heterocycles. The summed E-state index contributed by atoms with van der Waals surface area (Å²) in [4.78, 5) is 16.6. The number of benzene rings is 1. The molecule has 0 radical (unpaired) electrons. The molecule has 0 bridgehead atoms. The summed E-state index contributed by atoms with van der Waals surface area (Å²) < 4.78 is 5.57. The normalized spacial score (nSPS) is 10.7. The molecular formula is C17H18N4O2. The summed E-state index contributed by atoms with van der Waals surface area (Å²) >= 11 is 0. The summed E-state index contributed by atoms with van der Waals surface area (Å²) in [6, 6.07) is 9.15. The Morgan fingerprint density at radius 2 is 2.13 bits per heavy atom. The molecule has 2 heterocycles. The molecule has 0 spiro atoms. The molecule has 0 aliphatic heterocycles. The third-order valence-corrected chi connectivity index (χ3v) is 3.54. The molecular weight excluding hydrogens is 292 g/mol. The Morgan fingerprint density at radius 1 is 1.30 bits per heavy atom. The number of hydrogen-bond acceptors (Lipinski definition) is 4. The summed E-state index contributed by atoms with van der Waals surface area (Å²) in [5.74, 6) is 2.23. The average Bonchev–Trinajstić information content (AvgIpc) is 3.13. The number of amides is 1. The Morgan fingerprint density at radius 3 is 2.78 bits per heavy atom. The quantitative estimate of drug-likeness (QED) is 0.772. The minimum Gasteiger partial charge on any atom is -0.456 e. The maximum Gasteiger partial charge on any atom is 0.291 e. The molecule has 1 amide bonds. The van der Waals surface area contributed by atoms with E-state index >= 15 is 0 Å². The standard InChI is InChI=1S/C17H18N4O2/c1-4-14-10(2)8-15(23-14)17(22)19-13-7-5-6-12(9-13)16-18-11(3)20-21-16/h5-9H,4H2,1-3H3,(H,19,22)(H,18,20,21). The van der Waals surface area contributed by atoms with Crippen LogP contribution in [0.25, 0.3) is 11.4 Å². The molecule has 6 nitrogen and oxygen atoms in total. The van der Waals surface area contributed by atoms with E-state index < -0.39 is 0 Å². The van der Waals surface area contributed by atoms with Crippen LogP contribution in [0.5, 0.6) is 0 Å². The van der Waals surface area contributed by atoms with Crippen LogP contribution < -0.4 is 5.32 Å². The van der Waals surface area contributed by atoms with Gasteiger partial charge in [0.1, 0.15) is 11.6 Å². The van der Waals surface area contributed by atoms with Crippen molar-refractivity contribution in [2.24, 2.45) is 0 Å². The van der Waals surface area contributed by atoms with Gasteiger partial charge in [0.05, 0.1) is 0 Å². The van der Waals surface area contributed by atoms with Crippen molar-refractivity contribution >= 4 is 11.6 Å². The lowest BCUT2D eigenvalue weighted by Crippen LogP contribution is -2.10. The van der Waals surface area contributed by atoms with Crippen molar-refractivity contribution in [3.8, 4) is 11.4 Å². The number of nitrogens with one attached hydrogen (secondary N) is 2. The number of nitrogens with zero attached hydrogens (tertiary/aromatic N) is 2. The van der Waals surface area contributed by atoms with E-state index in [2.05, 4.69) is 20.5 Å². The molecule has 0 saturated carbocycles. The van der Waals surface area contributed by atoms with Gasteiger partial charge >= 0.3 is 0 Å². The first-order chi connectivity index (χ1) is 11.1. The largest absolute Gasteiger partial charge is 0.456 e. The number of anilines is 1. The number of aryl methyl sites for hydroxylation is 3. The molecule has 0 fully saturated rings. The van der Waals surface area contributed by atoms with Crippen molar-refractivity contribution in [1.82, 2.24) is 15.2 Å². The van der Waals surface area contributed by atoms with Crippen LogP contribution in [0.4, 0.5) is 5.69 Å². The van der Waals surface area contributed by atoms with Crippen LogP contribution in [-0.4, -0.2) is 21.1 Å². The lowest BCUT2D eigenvalue weighted by molar-refractivity contribution is 0.0995. The highest BCUT2D eigenvalue weighted by Gasteiger charge is 2.14. The van der Waals surface area contributed by atoms with E-state index in [1.165, 1.54) is 0 Å². The first-order valence-electron chi connectivity index (χ1n) is 7.47. The fourth-order valence-electron chi connectivity index (χ4n) is 2.38. The van der Waals surface area contributed by atoms with Crippen molar-refractivity contribution in [3.63, 3.8) is 0 Å². The second-order valence-corrected chi connectivity index (χ2v) is 5.35. The lowest BCUT2D eigenvalue weighted by atomic mass is 10.2. The van der Waals surface area contributed by atoms with Gasteiger partial charge in [0.25, 0.3) is 5.91 Å². The SMILES string of the molecule is CCc1oc(C(=O)Nc2cccc(-c3n[nH]c(C)n3)c2)cc1C. The van der Waals surface area contributed by atoms with Gasteiger partial charge in [-0.05, 0) is 37.6 Å². The number of carbonyl (C=O) groups excluding carboxylic acids is 1. The second-order valence-electron chi connectivity index (χ2n) is 5.35. The van der Waals surface area contributed by atoms with Crippen molar-refractivity contribution < 1.29 is 9.21 Å². The molecule has 0 atom stereocenters. The van der Waals surface area contributed by atoms with Gasteiger partial charge < -0.3 is 9.73 Å². The minimum absolute atomic E-state index is 0.267. The number of carbonyl (C=O) groups is 1. The van der Waals surface area contributed by atoms with Crippen LogP contribution in [0.2, 0.25) is 0 Å². The predicted molar refractivity (Wildman–Crippen MR) is 87.3 cm³/mol.